The zero-order chi connectivity index (χ0) is 39.6. The third-order valence-electron chi connectivity index (χ3n) is 12.3. The molecule has 12 aromatic rings. The summed E-state index contributed by atoms with van der Waals surface area (Å²) in [4.78, 5) is 2.39. The Morgan fingerprint density at radius 1 is 0.250 bits per heavy atom. The number of fused-ring (bicyclic) bond motifs is 9. The van der Waals surface area contributed by atoms with Crippen molar-refractivity contribution in [1.29, 1.82) is 0 Å². The maximum Gasteiger partial charge on any atom is 0.0541 e. The molecule has 0 aliphatic rings. The zero-order valence-electron chi connectivity index (χ0n) is 32.8. The second-order valence-corrected chi connectivity index (χ2v) is 15.8. The first-order chi connectivity index (χ1) is 29.7. The molecule has 0 saturated heterocycles. The largest absolute Gasteiger partial charge is 0.310 e. The number of nitrogens with zero attached hydrogens (tertiary/aromatic N) is 2. The Bertz CT molecular complexity index is 3540. The predicted molar refractivity (Wildman–Crippen MR) is 256 cm³/mol. The lowest BCUT2D eigenvalue weighted by atomic mass is 9.97. The lowest BCUT2D eigenvalue weighted by Gasteiger charge is -2.27. The second-order valence-electron chi connectivity index (χ2n) is 15.8. The fourth-order valence-electron chi connectivity index (χ4n) is 9.41. The topological polar surface area (TPSA) is 8.17 Å². The Morgan fingerprint density at radius 2 is 0.700 bits per heavy atom. The highest BCUT2D eigenvalue weighted by molar-refractivity contribution is 6.11. The van der Waals surface area contributed by atoms with Gasteiger partial charge in [0.05, 0.1) is 11.0 Å². The van der Waals surface area contributed by atoms with Gasteiger partial charge in [0.1, 0.15) is 0 Å². The van der Waals surface area contributed by atoms with Crippen molar-refractivity contribution >= 4 is 82.0 Å². The summed E-state index contributed by atoms with van der Waals surface area (Å²) in [5.41, 5.74) is 11.6. The van der Waals surface area contributed by atoms with E-state index in [0.29, 0.717) is 0 Å². The Hall–Kier alpha value is -7.94. The summed E-state index contributed by atoms with van der Waals surface area (Å²) in [5, 5.41) is 12.6. The molecular weight excluding hydrogens is 725 g/mol. The van der Waals surface area contributed by atoms with E-state index in [-0.39, 0.29) is 0 Å². The van der Waals surface area contributed by atoms with Crippen LogP contribution in [0.4, 0.5) is 17.1 Å². The number of hydrogen-bond donors (Lipinski definition) is 0. The molecule has 12 rings (SSSR count). The molecule has 0 N–H and O–H groups in total. The van der Waals surface area contributed by atoms with Gasteiger partial charge in [0.2, 0.25) is 0 Å². The van der Waals surface area contributed by atoms with Crippen molar-refractivity contribution in [2.75, 3.05) is 4.90 Å². The fraction of sp³-hybridized carbons (Fsp3) is 0. The van der Waals surface area contributed by atoms with Crippen molar-refractivity contribution in [2.45, 2.75) is 0 Å². The molecule has 0 saturated carbocycles. The molecule has 0 amide bonds. The van der Waals surface area contributed by atoms with Crippen LogP contribution in [-0.2, 0) is 0 Å². The minimum atomic E-state index is 1.10. The molecule has 0 atom stereocenters. The van der Waals surface area contributed by atoms with Gasteiger partial charge >= 0.3 is 0 Å². The third-order valence-corrected chi connectivity index (χ3v) is 12.3. The van der Waals surface area contributed by atoms with E-state index in [1.54, 1.807) is 0 Å². The van der Waals surface area contributed by atoms with Gasteiger partial charge in [-0.2, -0.15) is 0 Å². The van der Waals surface area contributed by atoms with E-state index in [1.165, 1.54) is 87.1 Å². The van der Waals surface area contributed by atoms with Crippen molar-refractivity contribution in [3.8, 4) is 27.9 Å². The van der Waals surface area contributed by atoms with Crippen molar-refractivity contribution in [3.63, 3.8) is 0 Å². The molecule has 60 heavy (non-hydrogen) atoms. The van der Waals surface area contributed by atoms with Crippen LogP contribution in [0, 0.1) is 0 Å². The SMILES string of the molecule is c1cc(-c2ccc(-n3c4ccccc4c4ccccc43)cc2)cc(N(c2ccc(-c3ccc4c(ccc5ccccc54)c3)cc2)c2ccc3c(ccc4ccccc43)c2)c1. The van der Waals surface area contributed by atoms with Gasteiger partial charge in [-0.25, -0.2) is 0 Å². The minimum Gasteiger partial charge on any atom is -0.310 e. The highest BCUT2D eigenvalue weighted by Gasteiger charge is 2.17. The van der Waals surface area contributed by atoms with E-state index in [4.69, 9.17) is 0 Å². The fourth-order valence-corrected chi connectivity index (χ4v) is 9.41. The number of hydrogen-bond acceptors (Lipinski definition) is 1. The number of rotatable bonds is 6. The normalized spacial score (nSPS) is 11.7. The van der Waals surface area contributed by atoms with Crippen LogP contribution in [0.5, 0.6) is 0 Å². The zero-order valence-corrected chi connectivity index (χ0v) is 32.8. The van der Waals surface area contributed by atoms with Crippen LogP contribution < -0.4 is 4.90 Å². The van der Waals surface area contributed by atoms with Crippen molar-refractivity contribution in [3.05, 3.63) is 231 Å². The number of para-hydroxylation sites is 2. The van der Waals surface area contributed by atoms with Crippen LogP contribution >= 0.6 is 0 Å². The van der Waals surface area contributed by atoms with Crippen LogP contribution in [0.15, 0.2) is 231 Å². The molecular formula is C58H38N2. The maximum absolute atomic E-state index is 2.39. The molecule has 280 valence electrons. The summed E-state index contributed by atoms with van der Waals surface area (Å²) in [5.74, 6) is 0. The lowest BCUT2D eigenvalue weighted by molar-refractivity contribution is 1.18. The average Bonchev–Trinajstić information content (AvgIpc) is 3.66. The summed E-state index contributed by atoms with van der Waals surface area (Å²) in [6, 6.07) is 84.3. The van der Waals surface area contributed by atoms with Gasteiger partial charge in [0.25, 0.3) is 0 Å². The van der Waals surface area contributed by atoms with E-state index in [0.717, 1.165) is 22.7 Å². The van der Waals surface area contributed by atoms with Crippen LogP contribution in [-0.4, -0.2) is 4.57 Å². The Balaban J connectivity index is 0.945. The average molecular weight is 763 g/mol. The molecule has 2 heteroatoms. The highest BCUT2D eigenvalue weighted by atomic mass is 15.1. The van der Waals surface area contributed by atoms with E-state index < -0.39 is 0 Å². The van der Waals surface area contributed by atoms with Gasteiger partial charge in [0, 0.05) is 33.5 Å². The predicted octanol–water partition coefficient (Wildman–Crippen LogP) is 16.2. The van der Waals surface area contributed by atoms with E-state index in [2.05, 4.69) is 240 Å². The van der Waals surface area contributed by atoms with Crippen molar-refractivity contribution < 1.29 is 0 Å². The van der Waals surface area contributed by atoms with E-state index in [9.17, 15) is 0 Å². The van der Waals surface area contributed by atoms with Crippen molar-refractivity contribution in [2.24, 2.45) is 0 Å². The summed E-state index contributed by atoms with van der Waals surface area (Å²) in [7, 11) is 0. The smallest absolute Gasteiger partial charge is 0.0541 e. The Labute approximate surface area is 348 Å². The van der Waals surface area contributed by atoms with Gasteiger partial charge in [-0.05, 0) is 132 Å². The summed E-state index contributed by atoms with van der Waals surface area (Å²) in [6.07, 6.45) is 0. The standard InChI is InChI=1S/C58H38N2/c1-3-14-51-41(10-1)20-22-45-36-44(28-34-53(45)51)40-24-29-47(30-25-40)59(50-33-35-54-46(38-50)23-21-42-11-2-4-15-52(42)54)49-13-9-12-43(37-49)39-26-31-48(32-27-39)60-57-18-7-5-16-55(57)56-17-6-8-19-58(56)60/h1-38H. The molecule has 0 aliphatic carbocycles. The first-order valence-electron chi connectivity index (χ1n) is 20.7. The maximum atomic E-state index is 2.39. The molecule has 11 aromatic carbocycles. The number of aromatic nitrogens is 1. The van der Waals surface area contributed by atoms with Gasteiger partial charge in [0.15, 0.2) is 0 Å². The second kappa shape index (κ2) is 13.9. The third kappa shape index (κ3) is 5.65. The minimum absolute atomic E-state index is 1.10. The molecule has 0 spiro atoms. The van der Waals surface area contributed by atoms with Crippen LogP contribution in [0.3, 0.4) is 0 Å². The quantitative estimate of drug-likeness (QED) is 0.153. The lowest BCUT2D eigenvalue weighted by Crippen LogP contribution is -2.10. The first kappa shape index (κ1) is 34.1. The molecule has 0 unspecified atom stereocenters. The Morgan fingerprint density at radius 3 is 1.35 bits per heavy atom. The van der Waals surface area contributed by atoms with Crippen LogP contribution in [0.1, 0.15) is 0 Å². The molecule has 0 bridgehead atoms. The number of anilines is 3. The van der Waals surface area contributed by atoms with Gasteiger partial charge in [-0.15, -0.1) is 0 Å². The first-order valence-corrected chi connectivity index (χ1v) is 20.7. The monoisotopic (exact) mass is 762 g/mol. The molecule has 0 aliphatic heterocycles. The molecule has 0 radical (unpaired) electrons. The summed E-state index contributed by atoms with van der Waals surface area (Å²) >= 11 is 0. The molecule has 1 aromatic heterocycles. The van der Waals surface area contributed by atoms with Crippen LogP contribution in [0.25, 0.3) is 92.8 Å². The number of benzene rings is 11. The molecule has 2 nitrogen and oxygen atoms in total. The molecule has 1 heterocycles. The highest BCUT2D eigenvalue weighted by Crippen LogP contribution is 2.41. The Kier molecular flexibility index (Phi) is 7.89. The van der Waals surface area contributed by atoms with Crippen LogP contribution in [0.2, 0.25) is 0 Å². The van der Waals surface area contributed by atoms with E-state index in [1.807, 2.05) is 0 Å². The van der Waals surface area contributed by atoms with Crippen molar-refractivity contribution in [1.82, 2.24) is 4.57 Å². The van der Waals surface area contributed by atoms with Gasteiger partial charge in [-0.1, -0.05) is 164 Å². The van der Waals surface area contributed by atoms with Gasteiger partial charge < -0.3 is 9.47 Å². The summed E-state index contributed by atoms with van der Waals surface area (Å²) in [6.45, 7) is 0. The van der Waals surface area contributed by atoms with E-state index >= 15 is 0 Å². The summed E-state index contributed by atoms with van der Waals surface area (Å²) < 4.78 is 2.37. The van der Waals surface area contributed by atoms with Gasteiger partial charge in [-0.3, -0.25) is 0 Å². The molecule has 0 fully saturated rings.